The fourth-order valence-electron chi connectivity index (χ4n) is 2.06. The number of aliphatic hydroxyl groups excluding tert-OH is 1. The lowest BCUT2D eigenvalue weighted by Gasteiger charge is -2.36. The number of rotatable bonds is 2. The molecule has 1 amide bonds. The molecule has 2 N–H and O–H groups in total. The lowest BCUT2D eigenvalue weighted by Crippen LogP contribution is -2.53. The number of hydrogen-bond donors (Lipinski definition) is 2. The molecule has 2 fully saturated rings. The Balaban J connectivity index is 1.79. The summed E-state index contributed by atoms with van der Waals surface area (Å²) in [4.78, 5) is 13.8. The number of likely N-dealkylation sites (tertiary alicyclic amines) is 1. The molecule has 14 heavy (non-hydrogen) atoms. The van der Waals surface area contributed by atoms with Crippen LogP contribution in [-0.2, 0) is 4.79 Å². The highest BCUT2D eigenvalue weighted by Crippen LogP contribution is 2.19. The molecule has 0 aliphatic carbocycles. The number of piperidine rings is 1. The van der Waals surface area contributed by atoms with Crippen molar-refractivity contribution < 1.29 is 9.90 Å². The predicted octanol–water partition coefficient (Wildman–Crippen LogP) is -0.563. The predicted molar refractivity (Wildman–Crippen MR) is 52.7 cm³/mol. The van der Waals surface area contributed by atoms with Gasteiger partial charge in [0.1, 0.15) is 0 Å². The molecule has 4 heteroatoms. The number of nitrogens with zero attached hydrogens (tertiary/aromatic N) is 1. The highest BCUT2D eigenvalue weighted by Gasteiger charge is 2.31. The Hall–Kier alpha value is -0.610. The van der Waals surface area contributed by atoms with E-state index in [0.717, 1.165) is 39.0 Å². The Labute approximate surface area is 84.3 Å². The number of hydrogen-bond acceptors (Lipinski definition) is 3. The fraction of sp³-hybridized carbons (Fsp3) is 0.900. The molecule has 2 saturated heterocycles. The largest absolute Gasteiger partial charge is 0.396 e. The summed E-state index contributed by atoms with van der Waals surface area (Å²) in [7, 11) is 0. The highest BCUT2D eigenvalue weighted by molar-refractivity contribution is 5.80. The molecule has 4 nitrogen and oxygen atoms in total. The molecule has 2 rings (SSSR count). The first-order valence-corrected chi connectivity index (χ1v) is 5.41. The van der Waals surface area contributed by atoms with E-state index < -0.39 is 0 Å². The second-order valence-electron chi connectivity index (χ2n) is 4.31. The topological polar surface area (TPSA) is 52.6 Å². The van der Waals surface area contributed by atoms with Crippen LogP contribution in [0, 0.1) is 11.8 Å². The SMILES string of the molecule is O=C(C1CNC1)N1CCC(CO)CC1. The van der Waals surface area contributed by atoms with E-state index in [1.807, 2.05) is 4.90 Å². The summed E-state index contributed by atoms with van der Waals surface area (Å²) in [5.41, 5.74) is 0. The van der Waals surface area contributed by atoms with Crippen molar-refractivity contribution in [2.45, 2.75) is 12.8 Å². The van der Waals surface area contributed by atoms with E-state index in [1.165, 1.54) is 0 Å². The van der Waals surface area contributed by atoms with E-state index >= 15 is 0 Å². The van der Waals surface area contributed by atoms with Crippen molar-refractivity contribution in [1.29, 1.82) is 0 Å². The minimum absolute atomic E-state index is 0.223. The molecular weight excluding hydrogens is 180 g/mol. The molecule has 80 valence electrons. The lowest BCUT2D eigenvalue weighted by atomic mass is 9.95. The summed E-state index contributed by atoms with van der Waals surface area (Å²) in [6.45, 7) is 3.63. The van der Waals surface area contributed by atoms with Crippen molar-refractivity contribution in [2.24, 2.45) is 11.8 Å². The van der Waals surface area contributed by atoms with E-state index in [1.54, 1.807) is 0 Å². The van der Waals surface area contributed by atoms with Crippen molar-refractivity contribution >= 4 is 5.91 Å². The third kappa shape index (κ3) is 1.91. The van der Waals surface area contributed by atoms with Gasteiger partial charge < -0.3 is 15.3 Å². The van der Waals surface area contributed by atoms with Gasteiger partial charge in [0, 0.05) is 32.8 Å². The third-order valence-corrected chi connectivity index (χ3v) is 3.32. The molecule has 0 unspecified atom stereocenters. The fourth-order valence-corrected chi connectivity index (χ4v) is 2.06. The molecule has 2 aliphatic rings. The Bertz CT molecular complexity index is 208. The first-order chi connectivity index (χ1) is 6.81. The zero-order chi connectivity index (χ0) is 9.97. The van der Waals surface area contributed by atoms with Crippen LogP contribution in [0.2, 0.25) is 0 Å². The minimum Gasteiger partial charge on any atom is -0.396 e. The summed E-state index contributed by atoms with van der Waals surface area (Å²) >= 11 is 0. The van der Waals surface area contributed by atoms with Gasteiger partial charge in [0.2, 0.25) is 5.91 Å². The molecule has 0 atom stereocenters. The lowest BCUT2D eigenvalue weighted by molar-refractivity contribution is -0.138. The molecule has 0 aromatic heterocycles. The molecule has 2 aliphatic heterocycles. The van der Waals surface area contributed by atoms with E-state index in [-0.39, 0.29) is 12.5 Å². The zero-order valence-electron chi connectivity index (χ0n) is 8.41. The summed E-state index contributed by atoms with van der Waals surface area (Å²) in [6.07, 6.45) is 1.92. The van der Waals surface area contributed by atoms with Crippen molar-refractivity contribution in [3.05, 3.63) is 0 Å². The van der Waals surface area contributed by atoms with Crippen LogP contribution in [0.15, 0.2) is 0 Å². The number of nitrogens with one attached hydrogen (secondary N) is 1. The Morgan fingerprint density at radius 2 is 2.00 bits per heavy atom. The first-order valence-electron chi connectivity index (χ1n) is 5.41. The van der Waals surface area contributed by atoms with Gasteiger partial charge >= 0.3 is 0 Å². The summed E-state index contributed by atoms with van der Waals surface area (Å²) in [6, 6.07) is 0. The van der Waals surface area contributed by atoms with E-state index in [4.69, 9.17) is 5.11 Å². The average Bonchev–Trinajstić information content (AvgIpc) is 2.15. The average molecular weight is 198 g/mol. The van der Waals surface area contributed by atoms with Crippen LogP contribution in [0.25, 0.3) is 0 Å². The summed E-state index contributed by atoms with van der Waals surface area (Å²) in [5.74, 6) is 0.944. The minimum atomic E-state index is 0.223. The van der Waals surface area contributed by atoms with Crippen LogP contribution in [-0.4, -0.2) is 48.7 Å². The van der Waals surface area contributed by atoms with E-state index in [2.05, 4.69) is 5.32 Å². The second kappa shape index (κ2) is 4.28. The number of carbonyl (C=O) groups is 1. The van der Waals surface area contributed by atoms with Gasteiger partial charge in [-0.1, -0.05) is 0 Å². The van der Waals surface area contributed by atoms with Gasteiger partial charge in [-0.15, -0.1) is 0 Å². The maximum absolute atomic E-state index is 11.8. The van der Waals surface area contributed by atoms with Gasteiger partial charge in [-0.2, -0.15) is 0 Å². The summed E-state index contributed by atoms with van der Waals surface area (Å²) in [5, 5.41) is 12.1. The normalized spacial score (nSPS) is 24.8. The van der Waals surface area contributed by atoms with Gasteiger partial charge in [-0.05, 0) is 18.8 Å². The van der Waals surface area contributed by atoms with Crippen LogP contribution < -0.4 is 5.32 Å². The molecule has 0 aromatic rings. The smallest absolute Gasteiger partial charge is 0.228 e. The van der Waals surface area contributed by atoms with Gasteiger partial charge in [0.05, 0.1) is 5.92 Å². The van der Waals surface area contributed by atoms with Crippen LogP contribution in [0.1, 0.15) is 12.8 Å². The summed E-state index contributed by atoms with van der Waals surface area (Å²) < 4.78 is 0. The highest BCUT2D eigenvalue weighted by atomic mass is 16.3. The Morgan fingerprint density at radius 1 is 1.36 bits per heavy atom. The Morgan fingerprint density at radius 3 is 2.43 bits per heavy atom. The monoisotopic (exact) mass is 198 g/mol. The molecule has 0 aromatic carbocycles. The van der Waals surface area contributed by atoms with Crippen molar-refractivity contribution in [3.63, 3.8) is 0 Å². The molecular formula is C10H18N2O2. The molecule has 0 saturated carbocycles. The number of aliphatic hydroxyl groups is 1. The van der Waals surface area contributed by atoms with Crippen LogP contribution in [0.5, 0.6) is 0 Å². The van der Waals surface area contributed by atoms with Crippen molar-refractivity contribution in [2.75, 3.05) is 32.8 Å². The van der Waals surface area contributed by atoms with E-state index in [9.17, 15) is 4.79 Å². The quantitative estimate of drug-likeness (QED) is 0.625. The third-order valence-electron chi connectivity index (χ3n) is 3.32. The number of carbonyl (C=O) groups excluding carboxylic acids is 1. The van der Waals surface area contributed by atoms with Crippen molar-refractivity contribution in [3.8, 4) is 0 Å². The second-order valence-corrected chi connectivity index (χ2v) is 4.31. The van der Waals surface area contributed by atoms with Gasteiger partial charge in [-0.25, -0.2) is 0 Å². The first kappa shape index (κ1) is 9.93. The van der Waals surface area contributed by atoms with Gasteiger partial charge in [-0.3, -0.25) is 4.79 Å². The molecule has 2 heterocycles. The maximum atomic E-state index is 11.8. The van der Waals surface area contributed by atoms with Crippen molar-refractivity contribution in [1.82, 2.24) is 10.2 Å². The van der Waals surface area contributed by atoms with E-state index in [0.29, 0.717) is 11.8 Å². The van der Waals surface area contributed by atoms with Crippen LogP contribution in [0.3, 0.4) is 0 Å². The standard InChI is InChI=1S/C10H18N2O2/c13-7-8-1-3-12(4-2-8)10(14)9-5-11-6-9/h8-9,11,13H,1-7H2. The van der Waals surface area contributed by atoms with Gasteiger partial charge in [0.25, 0.3) is 0 Å². The van der Waals surface area contributed by atoms with Crippen LogP contribution >= 0.6 is 0 Å². The Kier molecular flexibility index (Phi) is 3.03. The molecule has 0 radical (unpaired) electrons. The van der Waals surface area contributed by atoms with Gasteiger partial charge in [0.15, 0.2) is 0 Å². The number of amides is 1. The molecule has 0 spiro atoms. The maximum Gasteiger partial charge on any atom is 0.228 e. The molecule has 0 bridgehead atoms. The zero-order valence-corrected chi connectivity index (χ0v) is 8.41. The van der Waals surface area contributed by atoms with Crippen LogP contribution in [0.4, 0.5) is 0 Å².